The maximum absolute atomic E-state index is 9.26. The zero-order valence-corrected chi connectivity index (χ0v) is 25.6. The van der Waals surface area contributed by atoms with Gasteiger partial charge in [0.2, 0.25) is 0 Å². The van der Waals surface area contributed by atoms with Crippen LogP contribution in [-0.4, -0.2) is 44.3 Å². The second kappa shape index (κ2) is 12.8. The van der Waals surface area contributed by atoms with Crippen LogP contribution in [0.25, 0.3) is 10.6 Å². The molecule has 3 aromatic heterocycles. The molecule has 0 aliphatic rings. The molecule has 8 nitrogen and oxygen atoms in total. The lowest BCUT2D eigenvalue weighted by Gasteiger charge is -2.15. The predicted octanol–water partition coefficient (Wildman–Crippen LogP) is 6.60. The van der Waals surface area contributed by atoms with Crippen molar-refractivity contribution < 1.29 is 9.84 Å². The van der Waals surface area contributed by atoms with Gasteiger partial charge >= 0.3 is 0 Å². The van der Waals surface area contributed by atoms with E-state index in [2.05, 4.69) is 34.6 Å². The Bertz CT molecular complexity index is 1450. The number of aromatic nitrogens is 5. The summed E-state index contributed by atoms with van der Waals surface area (Å²) < 4.78 is 7.97. The van der Waals surface area contributed by atoms with Crippen molar-refractivity contribution in [2.75, 3.05) is 6.61 Å². The van der Waals surface area contributed by atoms with Gasteiger partial charge in [0.1, 0.15) is 6.73 Å². The Labute approximate surface area is 240 Å². The van der Waals surface area contributed by atoms with E-state index in [1.54, 1.807) is 18.2 Å². The number of nitrogens with zero attached hydrogens (tertiary/aromatic N) is 6. The number of rotatable bonds is 10. The van der Waals surface area contributed by atoms with E-state index in [1.165, 1.54) is 35.5 Å². The van der Waals surface area contributed by atoms with Gasteiger partial charge < -0.3 is 9.84 Å². The fraction of sp³-hybridized carbons (Fsp3) is 0.320. The fourth-order valence-electron chi connectivity index (χ4n) is 3.19. The number of aliphatic hydroxyl groups excluding tert-OH is 1. The van der Waals surface area contributed by atoms with E-state index in [1.807, 2.05) is 23.8 Å². The van der Waals surface area contributed by atoms with Gasteiger partial charge in [-0.05, 0) is 42.9 Å². The third-order valence-electron chi connectivity index (χ3n) is 5.21. The van der Waals surface area contributed by atoms with Crippen LogP contribution in [0.2, 0.25) is 35.7 Å². The molecule has 3 heterocycles. The highest BCUT2D eigenvalue weighted by Gasteiger charge is 2.15. The molecule has 1 aromatic carbocycles. The molecule has 4 aromatic rings. The maximum atomic E-state index is 9.26. The highest BCUT2D eigenvalue weighted by molar-refractivity contribution is 7.99. The van der Waals surface area contributed by atoms with Crippen LogP contribution in [-0.2, 0) is 18.1 Å². The summed E-state index contributed by atoms with van der Waals surface area (Å²) in [4.78, 5) is 24.9. The van der Waals surface area contributed by atoms with Crippen molar-refractivity contribution in [1.82, 2.24) is 24.5 Å². The van der Waals surface area contributed by atoms with Crippen molar-refractivity contribution in [2.45, 2.75) is 56.0 Å². The summed E-state index contributed by atoms with van der Waals surface area (Å²) in [6.07, 6.45) is 5.03. The van der Waals surface area contributed by atoms with E-state index in [0.717, 1.165) is 22.3 Å². The molecule has 0 fully saturated rings. The summed E-state index contributed by atoms with van der Waals surface area (Å²) in [6.45, 7) is 9.76. The summed E-state index contributed by atoms with van der Waals surface area (Å²) in [7, 11) is -1.21. The van der Waals surface area contributed by atoms with E-state index in [-0.39, 0.29) is 6.61 Å². The molecule has 200 valence electrons. The van der Waals surface area contributed by atoms with Crippen LogP contribution in [0.1, 0.15) is 11.4 Å². The van der Waals surface area contributed by atoms with Crippen LogP contribution >= 0.6 is 46.3 Å². The monoisotopic (exact) mass is 606 g/mol. The quantitative estimate of drug-likeness (QED) is 0.123. The van der Waals surface area contributed by atoms with Crippen molar-refractivity contribution in [3.05, 3.63) is 69.1 Å². The van der Waals surface area contributed by atoms with E-state index in [4.69, 9.17) is 37.9 Å². The number of hydrogen-bond acceptors (Lipinski definition) is 9. The van der Waals surface area contributed by atoms with Crippen LogP contribution in [0.3, 0.4) is 0 Å². The van der Waals surface area contributed by atoms with Gasteiger partial charge in [-0.25, -0.2) is 15.0 Å². The first-order valence-corrected chi connectivity index (χ1v) is 17.9. The summed E-state index contributed by atoms with van der Waals surface area (Å²) >= 11 is 15.5. The minimum atomic E-state index is -1.21. The molecule has 0 atom stereocenters. The van der Waals surface area contributed by atoms with Crippen molar-refractivity contribution in [1.29, 1.82) is 0 Å². The Kier molecular flexibility index (Phi) is 9.74. The minimum absolute atomic E-state index is 0.172. The van der Waals surface area contributed by atoms with Gasteiger partial charge in [0, 0.05) is 26.6 Å². The lowest BCUT2D eigenvalue weighted by molar-refractivity contribution is 0.0855. The third-order valence-corrected chi connectivity index (χ3v) is 9.82. The molecule has 0 amide bonds. The number of hydrogen-bond donors (Lipinski definition) is 1. The smallest absolute Gasteiger partial charge is 0.194 e. The van der Waals surface area contributed by atoms with Crippen LogP contribution in [0, 0.1) is 6.92 Å². The van der Waals surface area contributed by atoms with Gasteiger partial charge in [0.05, 0.1) is 50.2 Å². The molecule has 0 radical (unpaired) electrons. The number of thiazole rings is 1. The van der Waals surface area contributed by atoms with E-state index >= 15 is 0 Å². The van der Waals surface area contributed by atoms with E-state index < -0.39 is 8.07 Å². The molecule has 38 heavy (non-hydrogen) atoms. The average molecular weight is 608 g/mol. The lowest BCUT2D eigenvalue weighted by atomic mass is 10.3. The Morgan fingerprint density at radius 1 is 1.13 bits per heavy atom. The van der Waals surface area contributed by atoms with Crippen LogP contribution in [0.5, 0.6) is 0 Å². The predicted molar refractivity (Wildman–Crippen MR) is 156 cm³/mol. The fourth-order valence-corrected chi connectivity index (χ4v) is 6.37. The normalized spacial score (nSPS) is 12.3. The molecule has 0 saturated heterocycles. The van der Waals surface area contributed by atoms with Crippen molar-refractivity contribution in [2.24, 2.45) is 4.99 Å². The first-order valence-electron chi connectivity index (χ1n) is 11.8. The van der Waals surface area contributed by atoms with Gasteiger partial charge in [-0.3, -0.25) is 9.55 Å². The molecule has 13 heteroatoms. The van der Waals surface area contributed by atoms with Crippen LogP contribution in [0.15, 0.2) is 57.9 Å². The zero-order chi connectivity index (χ0) is 27.3. The van der Waals surface area contributed by atoms with Crippen LogP contribution < -0.4 is 4.80 Å². The van der Waals surface area contributed by atoms with E-state index in [9.17, 15) is 5.11 Å². The Morgan fingerprint density at radius 3 is 2.55 bits per heavy atom. The second-order valence-corrected chi connectivity index (χ2v) is 18.1. The maximum Gasteiger partial charge on any atom is 0.194 e. The molecule has 0 saturated carbocycles. The number of halogens is 2. The number of aryl methyl sites for hydroxylation is 1. The highest BCUT2D eigenvalue weighted by Crippen LogP contribution is 2.37. The van der Waals surface area contributed by atoms with Gasteiger partial charge in [0.15, 0.2) is 15.8 Å². The van der Waals surface area contributed by atoms with Gasteiger partial charge in [-0.2, -0.15) is 4.99 Å². The Hall–Kier alpha value is -2.12. The SMILES string of the molecule is Cc1cc(-c2cn(COCC[Si](C)(C)C)/c(=N/c3cnc(CO)cn3)s2)nc(Sc2c(Cl)cccc2Cl)n1. The number of aliphatic hydroxyl groups is 1. The average Bonchev–Trinajstić information content (AvgIpc) is 3.26. The van der Waals surface area contributed by atoms with Crippen molar-refractivity contribution in [3.8, 4) is 10.6 Å². The first kappa shape index (κ1) is 28.9. The number of benzene rings is 1. The summed E-state index contributed by atoms with van der Waals surface area (Å²) in [5, 5.41) is 10.9. The van der Waals surface area contributed by atoms with Crippen molar-refractivity contribution in [3.63, 3.8) is 0 Å². The third kappa shape index (κ3) is 7.95. The molecular weight excluding hydrogens is 579 g/mol. The number of ether oxygens (including phenoxy) is 1. The van der Waals surface area contributed by atoms with Gasteiger partial charge in [0.25, 0.3) is 0 Å². The summed E-state index contributed by atoms with van der Waals surface area (Å²) in [5.74, 6) is 0.440. The van der Waals surface area contributed by atoms with Gasteiger partial charge in [-0.15, -0.1) is 0 Å². The summed E-state index contributed by atoms with van der Waals surface area (Å²) in [5.41, 5.74) is 2.06. The largest absolute Gasteiger partial charge is 0.390 e. The molecule has 0 aliphatic heterocycles. The molecular formula is C25H28Cl2N6O2S2Si. The zero-order valence-electron chi connectivity index (χ0n) is 21.5. The molecule has 0 aliphatic carbocycles. The van der Waals surface area contributed by atoms with Crippen LogP contribution in [0.4, 0.5) is 5.82 Å². The topological polar surface area (TPSA) is 98.3 Å². The molecule has 0 bridgehead atoms. The first-order chi connectivity index (χ1) is 18.1. The standard InChI is InChI=1S/C25H28Cl2N6O2S2Si/c1-16-10-20(31-24(30-16)37-23-18(26)6-5-7-19(23)27)21-13-33(15-35-8-9-38(2,3)4)25(36-21)32-22-12-28-17(14-34)11-29-22/h5-7,10-13,34H,8-9,14-15H2,1-4H3/b32-25-. The molecule has 4 rings (SSSR count). The molecule has 0 unspecified atom stereocenters. The highest BCUT2D eigenvalue weighted by atomic mass is 35.5. The van der Waals surface area contributed by atoms with Gasteiger partial charge in [-0.1, -0.05) is 60.2 Å². The Balaban J connectivity index is 1.68. The molecule has 0 spiro atoms. The second-order valence-electron chi connectivity index (χ2n) is 9.66. The molecule has 1 N–H and O–H groups in total. The summed E-state index contributed by atoms with van der Waals surface area (Å²) in [6, 6.07) is 8.39. The van der Waals surface area contributed by atoms with E-state index in [0.29, 0.717) is 49.7 Å². The Morgan fingerprint density at radius 2 is 1.89 bits per heavy atom. The minimum Gasteiger partial charge on any atom is -0.390 e. The lowest BCUT2D eigenvalue weighted by Crippen LogP contribution is -2.23. The van der Waals surface area contributed by atoms with Crippen molar-refractivity contribution >= 4 is 60.2 Å².